The molecule has 3 aliphatic rings. The van der Waals surface area contributed by atoms with Crippen LogP contribution in [0.5, 0.6) is 0 Å². The molecule has 0 aromatic carbocycles. The third kappa shape index (κ3) is 2.53. The average Bonchev–Trinajstić information content (AvgIpc) is 2.39. The summed E-state index contributed by atoms with van der Waals surface area (Å²) in [5.41, 5.74) is 6.04. The van der Waals surface area contributed by atoms with Crippen LogP contribution in [0.3, 0.4) is 0 Å². The molecule has 2 nitrogen and oxygen atoms in total. The molecule has 0 radical (unpaired) electrons. The van der Waals surface area contributed by atoms with Crippen molar-refractivity contribution < 1.29 is 0 Å². The van der Waals surface area contributed by atoms with Crippen LogP contribution in [0.25, 0.3) is 0 Å². The van der Waals surface area contributed by atoms with Crippen molar-refractivity contribution in [3.63, 3.8) is 0 Å². The molecule has 2 N–H and O–H groups in total. The summed E-state index contributed by atoms with van der Waals surface area (Å²) in [6.45, 7) is 1.38. The second kappa shape index (κ2) is 5.27. The highest BCUT2D eigenvalue weighted by Gasteiger charge is 2.37. The lowest BCUT2D eigenvalue weighted by Crippen LogP contribution is -2.53. The Hall–Kier alpha value is -0.0800. The van der Waals surface area contributed by atoms with E-state index in [1.165, 1.54) is 70.8 Å². The van der Waals surface area contributed by atoms with Crippen molar-refractivity contribution in [2.75, 3.05) is 6.54 Å². The Morgan fingerprint density at radius 3 is 2.29 bits per heavy atom. The molecular formula is C15H28N2. The van der Waals surface area contributed by atoms with Gasteiger partial charge in [-0.25, -0.2) is 0 Å². The monoisotopic (exact) mass is 236 g/mol. The van der Waals surface area contributed by atoms with E-state index in [9.17, 15) is 0 Å². The van der Waals surface area contributed by atoms with E-state index < -0.39 is 0 Å². The summed E-state index contributed by atoms with van der Waals surface area (Å²) in [6.07, 6.45) is 14.2. The first-order valence-corrected chi connectivity index (χ1v) is 7.86. The summed E-state index contributed by atoms with van der Waals surface area (Å²) >= 11 is 0. The minimum atomic E-state index is 0.498. The minimum Gasteiger partial charge on any atom is -0.328 e. The summed E-state index contributed by atoms with van der Waals surface area (Å²) in [5.74, 6) is 1.04. The first kappa shape index (κ1) is 12.0. The largest absolute Gasteiger partial charge is 0.328 e. The minimum absolute atomic E-state index is 0.498. The molecule has 3 fully saturated rings. The maximum absolute atomic E-state index is 6.04. The molecule has 98 valence electrons. The van der Waals surface area contributed by atoms with Crippen LogP contribution in [-0.4, -0.2) is 29.6 Å². The van der Waals surface area contributed by atoms with E-state index in [-0.39, 0.29) is 0 Å². The van der Waals surface area contributed by atoms with E-state index in [1.807, 2.05) is 0 Å². The van der Waals surface area contributed by atoms with Gasteiger partial charge in [0, 0.05) is 18.1 Å². The van der Waals surface area contributed by atoms with E-state index in [1.54, 1.807) is 0 Å². The molecule has 3 rings (SSSR count). The van der Waals surface area contributed by atoms with Crippen LogP contribution < -0.4 is 5.73 Å². The number of hydrogen-bond acceptors (Lipinski definition) is 2. The fourth-order valence-corrected chi connectivity index (χ4v) is 4.55. The zero-order valence-electron chi connectivity index (χ0n) is 11.1. The van der Waals surface area contributed by atoms with Gasteiger partial charge in [-0.3, -0.25) is 4.90 Å². The Labute approximate surface area is 106 Å². The molecule has 0 amide bonds. The van der Waals surface area contributed by atoms with Gasteiger partial charge in [0.1, 0.15) is 0 Å². The molecule has 2 heteroatoms. The molecule has 2 aliphatic carbocycles. The molecule has 0 aromatic rings. The maximum Gasteiger partial charge on any atom is 0.0126 e. The van der Waals surface area contributed by atoms with Crippen LogP contribution in [0, 0.1) is 5.92 Å². The number of nitrogens with two attached hydrogens (primary N) is 1. The van der Waals surface area contributed by atoms with Crippen molar-refractivity contribution in [1.82, 2.24) is 4.90 Å². The Balaban J connectivity index is 1.64. The average molecular weight is 236 g/mol. The van der Waals surface area contributed by atoms with Gasteiger partial charge < -0.3 is 5.73 Å². The molecule has 1 heterocycles. The van der Waals surface area contributed by atoms with Crippen molar-refractivity contribution >= 4 is 0 Å². The van der Waals surface area contributed by atoms with Crippen molar-refractivity contribution in [3.8, 4) is 0 Å². The van der Waals surface area contributed by atoms with Gasteiger partial charge in [0.05, 0.1) is 0 Å². The van der Waals surface area contributed by atoms with E-state index >= 15 is 0 Å². The summed E-state index contributed by atoms with van der Waals surface area (Å²) < 4.78 is 0. The highest BCUT2D eigenvalue weighted by atomic mass is 15.2. The van der Waals surface area contributed by atoms with Gasteiger partial charge in [-0.05, 0) is 63.8 Å². The van der Waals surface area contributed by atoms with Crippen LogP contribution in [0.4, 0.5) is 0 Å². The molecule has 0 bridgehead atoms. The lowest BCUT2D eigenvalue weighted by molar-refractivity contribution is 0.0115. The number of hydrogen-bond donors (Lipinski definition) is 1. The van der Waals surface area contributed by atoms with Gasteiger partial charge in [0.15, 0.2) is 0 Å². The number of piperidine rings is 1. The highest BCUT2D eigenvalue weighted by Crippen LogP contribution is 2.38. The normalized spacial score (nSPS) is 44.3. The summed E-state index contributed by atoms with van der Waals surface area (Å²) in [6, 6.07) is 2.32. The second-order valence-corrected chi connectivity index (χ2v) is 6.56. The van der Waals surface area contributed by atoms with Crippen LogP contribution in [-0.2, 0) is 0 Å². The molecule has 1 aliphatic heterocycles. The lowest BCUT2D eigenvalue weighted by atomic mass is 9.76. The fourth-order valence-electron chi connectivity index (χ4n) is 4.55. The Morgan fingerprint density at radius 2 is 1.47 bits per heavy atom. The topological polar surface area (TPSA) is 29.3 Å². The van der Waals surface area contributed by atoms with Gasteiger partial charge in [0.2, 0.25) is 0 Å². The van der Waals surface area contributed by atoms with E-state index in [0.717, 1.165) is 18.0 Å². The lowest BCUT2D eigenvalue weighted by Gasteiger charge is -2.49. The van der Waals surface area contributed by atoms with Gasteiger partial charge in [-0.2, -0.15) is 0 Å². The Kier molecular flexibility index (Phi) is 3.72. The third-order valence-corrected chi connectivity index (χ3v) is 5.50. The third-order valence-electron chi connectivity index (χ3n) is 5.50. The van der Waals surface area contributed by atoms with E-state index in [2.05, 4.69) is 4.90 Å². The first-order valence-electron chi connectivity index (χ1n) is 7.86. The zero-order chi connectivity index (χ0) is 11.7. The SMILES string of the molecule is NC1CCC(N2CCC[C@H]3CCCC[C@H]32)CC1. The molecule has 17 heavy (non-hydrogen) atoms. The van der Waals surface area contributed by atoms with Crippen molar-refractivity contribution in [1.29, 1.82) is 0 Å². The van der Waals surface area contributed by atoms with Crippen molar-refractivity contribution in [3.05, 3.63) is 0 Å². The Morgan fingerprint density at radius 1 is 0.765 bits per heavy atom. The molecule has 0 spiro atoms. The molecular weight excluding hydrogens is 208 g/mol. The highest BCUT2D eigenvalue weighted by molar-refractivity contribution is 4.92. The number of fused-ring (bicyclic) bond motifs is 1. The summed E-state index contributed by atoms with van der Waals surface area (Å²) in [4.78, 5) is 2.90. The van der Waals surface area contributed by atoms with Crippen LogP contribution >= 0.6 is 0 Å². The number of rotatable bonds is 1. The smallest absolute Gasteiger partial charge is 0.0126 e. The maximum atomic E-state index is 6.04. The molecule has 2 saturated carbocycles. The van der Waals surface area contributed by atoms with Crippen molar-refractivity contribution in [2.45, 2.75) is 82.3 Å². The standard InChI is InChI=1S/C15H28N2/c16-13-7-9-14(10-8-13)17-11-3-5-12-4-1-2-6-15(12)17/h12-15H,1-11,16H2/t12-,13?,14?,15-/m1/s1. The van der Waals surface area contributed by atoms with Gasteiger partial charge in [-0.15, -0.1) is 0 Å². The van der Waals surface area contributed by atoms with Crippen LogP contribution in [0.1, 0.15) is 64.2 Å². The predicted octanol–water partition coefficient (Wildman–Crippen LogP) is 2.91. The molecule has 2 atom stereocenters. The fraction of sp³-hybridized carbons (Fsp3) is 1.00. The van der Waals surface area contributed by atoms with Crippen molar-refractivity contribution in [2.24, 2.45) is 11.7 Å². The van der Waals surface area contributed by atoms with Gasteiger partial charge in [-0.1, -0.05) is 12.8 Å². The van der Waals surface area contributed by atoms with E-state index in [0.29, 0.717) is 6.04 Å². The van der Waals surface area contributed by atoms with Crippen LogP contribution in [0.2, 0.25) is 0 Å². The molecule has 0 aromatic heterocycles. The second-order valence-electron chi connectivity index (χ2n) is 6.56. The zero-order valence-corrected chi connectivity index (χ0v) is 11.1. The summed E-state index contributed by atoms with van der Waals surface area (Å²) in [7, 11) is 0. The summed E-state index contributed by atoms with van der Waals surface area (Å²) in [5, 5.41) is 0. The van der Waals surface area contributed by atoms with Gasteiger partial charge in [0.25, 0.3) is 0 Å². The van der Waals surface area contributed by atoms with Gasteiger partial charge >= 0.3 is 0 Å². The number of likely N-dealkylation sites (tertiary alicyclic amines) is 1. The first-order chi connectivity index (χ1) is 8.34. The Bertz CT molecular complexity index is 243. The number of nitrogens with zero attached hydrogens (tertiary/aromatic N) is 1. The van der Waals surface area contributed by atoms with E-state index in [4.69, 9.17) is 5.73 Å². The predicted molar refractivity (Wildman–Crippen MR) is 71.9 cm³/mol. The molecule has 0 unspecified atom stereocenters. The molecule has 1 saturated heterocycles. The quantitative estimate of drug-likeness (QED) is 0.758. The van der Waals surface area contributed by atoms with Crippen LogP contribution in [0.15, 0.2) is 0 Å².